The van der Waals surface area contributed by atoms with Gasteiger partial charge in [0.1, 0.15) is 0 Å². The van der Waals surface area contributed by atoms with Crippen LogP contribution >= 0.6 is 0 Å². The number of hydrogen-bond acceptors (Lipinski definition) is 2. The van der Waals surface area contributed by atoms with Gasteiger partial charge in [0.15, 0.2) is 5.78 Å². The topological polar surface area (TPSA) is 34.9 Å². The maximum atomic E-state index is 11.8. The maximum absolute atomic E-state index is 11.8. The summed E-state index contributed by atoms with van der Waals surface area (Å²) in [5.41, 5.74) is 4.31. The molecule has 18 heavy (non-hydrogen) atoms. The molecule has 2 aromatic heterocycles. The summed E-state index contributed by atoms with van der Waals surface area (Å²) in [5.74, 6) is 0.289. The number of Topliss-reactive ketones (excluding diaryl/α,β-unsaturated/α-hetero) is 1. The predicted molar refractivity (Wildman–Crippen MR) is 69.8 cm³/mol. The van der Waals surface area contributed by atoms with Gasteiger partial charge in [-0.1, -0.05) is 6.07 Å². The fourth-order valence-corrected chi connectivity index (χ4v) is 2.53. The molecule has 1 aliphatic carbocycles. The molecule has 0 fully saturated rings. The van der Waals surface area contributed by atoms with Crippen LogP contribution in [0.4, 0.5) is 0 Å². The van der Waals surface area contributed by atoms with Crippen LogP contribution in [-0.4, -0.2) is 15.3 Å². The second kappa shape index (κ2) is 4.41. The fourth-order valence-electron chi connectivity index (χ4n) is 2.53. The Morgan fingerprint density at radius 2 is 2.17 bits per heavy atom. The first-order chi connectivity index (χ1) is 8.74. The second-order valence-corrected chi connectivity index (χ2v) is 4.89. The summed E-state index contributed by atoms with van der Waals surface area (Å²) in [7, 11) is 0. The normalized spacial score (nSPS) is 14.6. The van der Waals surface area contributed by atoms with E-state index in [1.807, 2.05) is 31.5 Å². The third-order valence-corrected chi connectivity index (χ3v) is 3.52. The van der Waals surface area contributed by atoms with Crippen LogP contribution in [0.5, 0.6) is 0 Å². The number of rotatable bonds is 2. The molecular formula is C15H16N2O. The lowest BCUT2D eigenvalue weighted by Gasteiger charge is -2.15. The standard InChI is InChI=1S/C15H16N2O/c1-11-5-6-12(9-16-11)10-17-8-7-13-14(17)3-2-4-15(13)18/h5-9H,2-4,10H2,1H3. The molecule has 0 atom stereocenters. The lowest BCUT2D eigenvalue weighted by atomic mass is 9.97. The highest BCUT2D eigenvalue weighted by atomic mass is 16.1. The van der Waals surface area contributed by atoms with Crippen molar-refractivity contribution in [3.05, 3.63) is 53.1 Å². The number of fused-ring (bicyclic) bond motifs is 1. The lowest BCUT2D eigenvalue weighted by Crippen LogP contribution is -2.13. The van der Waals surface area contributed by atoms with Crippen molar-refractivity contribution in [2.75, 3.05) is 0 Å². The molecule has 0 saturated heterocycles. The van der Waals surface area contributed by atoms with Crippen molar-refractivity contribution in [3.63, 3.8) is 0 Å². The lowest BCUT2D eigenvalue weighted by molar-refractivity contribution is 0.0972. The van der Waals surface area contributed by atoms with Crippen LogP contribution in [0.15, 0.2) is 30.6 Å². The van der Waals surface area contributed by atoms with Crippen LogP contribution in [-0.2, 0) is 13.0 Å². The summed E-state index contributed by atoms with van der Waals surface area (Å²) < 4.78 is 2.18. The second-order valence-electron chi connectivity index (χ2n) is 4.89. The highest BCUT2D eigenvalue weighted by molar-refractivity contribution is 5.98. The van der Waals surface area contributed by atoms with Crippen LogP contribution < -0.4 is 0 Å². The Bertz CT molecular complexity index is 581. The van der Waals surface area contributed by atoms with Gasteiger partial charge >= 0.3 is 0 Å². The van der Waals surface area contributed by atoms with Crippen molar-refractivity contribution in [2.24, 2.45) is 0 Å². The van der Waals surface area contributed by atoms with Crippen LogP contribution in [0.3, 0.4) is 0 Å². The zero-order valence-corrected chi connectivity index (χ0v) is 10.5. The van der Waals surface area contributed by atoms with E-state index in [1.54, 1.807) is 0 Å². The van der Waals surface area contributed by atoms with E-state index in [0.29, 0.717) is 6.42 Å². The fraction of sp³-hybridized carbons (Fsp3) is 0.333. The first-order valence-corrected chi connectivity index (χ1v) is 6.37. The Morgan fingerprint density at radius 3 is 2.94 bits per heavy atom. The van der Waals surface area contributed by atoms with Crippen molar-refractivity contribution >= 4 is 5.78 Å². The van der Waals surface area contributed by atoms with Gasteiger partial charge in [0.25, 0.3) is 0 Å². The molecule has 0 spiro atoms. The van der Waals surface area contributed by atoms with Gasteiger partial charge in [0, 0.05) is 42.3 Å². The number of aromatic nitrogens is 2. The van der Waals surface area contributed by atoms with E-state index < -0.39 is 0 Å². The summed E-state index contributed by atoms with van der Waals surface area (Å²) in [6.07, 6.45) is 6.61. The van der Waals surface area contributed by atoms with E-state index in [4.69, 9.17) is 0 Å². The Labute approximate surface area is 106 Å². The highest BCUT2D eigenvalue weighted by Gasteiger charge is 2.20. The molecule has 0 bridgehead atoms. The zero-order chi connectivity index (χ0) is 12.5. The highest BCUT2D eigenvalue weighted by Crippen LogP contribution is 2.23. The SMILES string of the molecule is Cc1ccc(Cn2ccc3c2CCCC3=O)cn1. The molecule has 0 aliphatic heterocycles. The summed E-state index contributed by atoms with van der Waals surface area (Å²) in [4.78, 5) is 16.1. The Balaban J connectivity index is 1.89. The summed E-state index contributed by atoms with van der Waals surface area (Å²) >= 11 is 0. The molecule has 0 amide bonds. The average Bonchev–Trinajstić information content (AvgIpc) is 2.77. The Morgan fingerprint density at radius 1 is 1.28 bits per heavy atom. The van der Waals surface area contributed by atoms with E-state index in [-0.39, 0.29) is 5.78 Å². The van der Waals surface area contributed by atoms with Crippen LogP contribution in [0.2, 0.25) is 0 Å². The molecule has 2 aromatic rings. The first kappa shape index (κ1) is 11.2. The number of pyridine rings is 1. The van der Waals surface area contributed by atoms with Crippen LogP contribution in [0.1, 0.15) is 40.2 Å². The predicted octanol–water partition coefficient (Wildman–Crippen LogP) is 2.76. The molecule has 0 saturated carbocycles. The van der Waals surface area contributed by atoms with Gasteiger partial charge in [0.2, 0.25) is 0 Å². The molecule has 3 rings (SSSR count). The van der Waals surface area contributed by atoms with Crippen molar-refractivity contribution in [3.8, 4) is 0 Å². The molecule has 0 radical (unpaired) electrons. The molecule has 92 valence electrons. The number of nitrogens with zero attached hydrogens (tertiary/aromatic N) is 2. The Kier molecular flexibility index (Phi) is 2.74. The van der Waals surface area contributed by atoms with E-state index >= 15 is 0 Å². The molecule has 0 N–H and O–H groups in total. The monoisotopic (exact) mass is 240 g/mol. The average molecular weight is 240 g/mol. The number of carbonyl (C=O) groups excluding carboxylic acids is 1. The molecule has 1 aliphatic rings. The van der Waals surface area contributed by atoms with E-state index in [0.717, 1.165) is 30.6 Å². The third kappa shape index (κ3) is 1.96. The molecule has 3 nitrogen and oxygen atoms in total. The van der Waals surface area contributed by atoms with Gasteiger partial charge in [-0.05, 0) is 37.5 Å². The van der Waals surface area contributed by atoms with Crippen LogP contribution in [0.25, 0.3) is 0 Å². The molecule has 0 aromatic carbocycles. The minimum absolute atomic E-state index is 0.289. The quantitative estimate of drug-likeness (QED) is 0.809. The van der Waals surface area contributed by atoms with E-state index in [2.05, 4.69) is 15.6 Å². The smallest absolute Gasteiger partial charge is 0.164 e. The summed E-state index contributed by atoms with van der Waals surface area (Å²) in [6.45, 7) is 2.79. The maximum Gasteiger partial charge on any atom is 0.164 e. The number of hydrogen-bond donors (Lipinski definition) is 0. The van der Waals surface area contributed by atoms with Crippen molar-refractivity contribution < 1.29 is 4.79 Å². The molecule has 2 heterocycles. The molecule has 3 heteroatoms. The van der Waals surface area contributed by atoms with Gasteiger partial charge in [-0.3, -0.25) is 9.78 Å². The minimum atomic E-state index is 0.289. The van der Waals surface area contributed by atoms with Gasteiger partial charge in [-0.15, -0.1) is 0 Å². The van der Waals surface area contributed by atoms with Crippen molar-refractivity contribution in [1.29, 1.82) is 0 Å². The zero-order valence-electron chi connectivity index (χ0n) is 10.5. The summed E-state index contributed by atoms with van der Waals surface area (Å²) in [5, 5.41) is 0. The van der Waals surface area contributed by atoms with Crippen molar-refractivity contribution in [2.45, 2.75) is 32.7 Å². The Hall–Kier alpha value is -1.90. The van der Waals surface area contributed by atoms with Gasteiger partial charge in [-0.25, -0.2) is 0 Å². The number of carbonyl (C=O) groups is 1. The largest absolute Gasteiger partial charge is 0.346 e. The molecule has 0 unspecified atom stereocenters. The molecular weight excluding hydrogens is 224 g/mol. The van der Waals surface area contributed by atoms with Crippen LogP contribution in [0, 0.1) is 6.92 Å². The van der Waals surface area contributed by atoms with Gasteiger partial charge < -0.3 is 4.57 Å². The van der Waals surface area contributed by atoms with E-state index in [1.165, 1.54) is 11.3 Å². The minimum Gasteiger partial charge on any atom is -0.346 e. The van der Waals surface area contributed by atoms with Crippen molar-refractivity contribution in [1.82, 2.24) is 9.55 Å². The summed E-state index contributed by atoms with van der Waals surface area (Å²) in [6, 6.07) is 6.08. The van der Waals surface area contributed by atoms with Gasteiger partial charge in [-0.2, -0.15) is 0 Å². The third-order valence-electron chi connectivity index (χ3n) is 3.52. The van der Waals surface area contributed by atoms with Gasteiger partial charge in [0.05, 0.1) is 0 Å². The first-order valence-electron chi connectivity index (χ1n) is 6.37. The number of ketones is 1. The number of aryl methyl sites for hydroxylation is 1. The van der Waals surface area contributed by atoms with E-state index in [9.17, 15) is 4.79 Å².